The van der Waals surface area contributed by atoms with Crippen molar-refractivity contribution in [1.29, 1.82) is 5.41 Å². The number of nitro benzene ring substituents is 1. The van der Waals surface area contributed by atoms with Crippen molar-refractivity contribution in [3.05, 3.63) is 115 Å². The summed E-state index contributed by atoms with van der Waals surface area (Å²) in [7, 11) is 1.55. The van der Waals surface area contributed by atoms with Crippen LogP contribution in [0.4, 0.5) is 11.4 Å². The molecule has 9 heteroatoms. The van der Waals surface area contributed by atoms with Crippen LogP contribution in [0.3, 0.4) is 0 Å². The normalized spacial score (nSPS) is 18.6. The van der Waals surface area contributed by atoms with Crippen molar-refractivity contribution in [3.63, 3.8) is 0 Å². The van der Waals surface area contributed by atoms with Gasteiger partial charge in [-0.3, -0.25) is 25.2 Å². The van der Waals surface area contributed by atoms with Crippen LogP contribution in [0.2, 0.25) is 0 Å². The number of hydrogen-bond acceptors (Lipinski definition) is 6. The smallest absolute Gasteiger partial charge is 0.271 e. The number of Topliss-reactive ketones (excluding diaryl/α,β-unsaturated/α-hetero) is 1. The number of halogens is 1. The lowest BCUT2D eigenvalue weighted by atomic mass is 9.73. The number of ether oxygens (including phenoxy) is 1. The molecular weight excluding hydrogens is 562 g/mol. The summed E-state index contributed by atoms with van der Waals surface area (Å²) < 4.78 is 6.12. The number of aliphatic hydroxyl groups excluding tert-OH is 1. The van der Waals surface area contributed by atoms with Gasteiger partial charge in [0.05, 0.1) is 17.7 Å². The first kappa shape index (κ1) is 26.4. The molecule has 0 radical (unpaired) electrons. The van der Waals surface area contributed by atoms with E-state index in [1.807, 2.05) is 31.2 Å². The molecule has 8 nitrogen and oxygen atoms in total. The Bertz CT molecular complexity index is 1560. The van der Waals surface area contributed by atoms with Gasteiger partial charge >= 0.3 is 0 Å². The maximum atomic E-state index is 13.6. The largest absolute Gasteiger partial charge is 0.507 e. The van der Waals surface area contributed by atoms with E-state index in [1.165, 1.54) is 12.1 Å². The summed E-state index contributed by atoms with van der Waals surface area (Å²) in [4.78, 5) is 26.4. The Morgan fingerprint density at radius 1 is 1.10 bits per heavy atom. The average Bonchev–Trinajstić information content (AvgIpc) is 2.93. The summed E-state index contributed by atoms with van der Waals surface area (Å²) in [5, 5.41) is 32.8. The van der Waals surface area contributed by atoms with Crippen molar-refractivity contribution >= 4 is 44.7 Å². The Labute approximate surface area is 234 Å². The molecule has 1 unspecified atom stereocenters. The van der Waals surface area contributed by atoms with Crippen molar-refractivity contribution in [2.24, 2.45) is 0 Å². The van der Waals surface area contributed by atoms with Crippen molar-refractivity contribution in [3.8, 4) is 5.75 Å². The molecule has 1 atom stereocenters. The number of ketones is 1. The van der Waals surface area contributed by atoms with Gasteiger partial charge in [-0.05, 0) is 67.3 Å². The fourth-order valence-corrected chi connectivity index (χ4v) is 5.57. The number of nitrogens with one attached hydrogen (secondary N) is 1. The third-order valence-corrected chi connectivity index (χ3v) is 7.75. The fraction of sp³-hybridized carbons (Fsp3) is 0.200. The molecule has 0 saturated heterocycles. The number of carbonyl (C=O) groups excluding carboxylic acids is 1. The Balaban J connectivity index is 1.83. The van der Waals surface area contributed by atoms with Gasteiger partial charge in [0.15, 0.2) is 5.78 Å². The monoisotopic (exact) mass is 587 g/mol. The minimum atomic E-state index is -0.689. The zero-order chi connectivity index (χ0) is 27.8. The lowest BCUT2D eigenvalue weighted by Crippen LogP contribution is -2.42. The Morgan fingerprint density at radius 2 is 1.79 bits per heavy atom. The molecule has 0 amide bonds. The minimum absolute atomic E-state index is 0.0340. The van der Waals surface area contributed by atoms with Crippen LogP contribution in [0.1, 0.15) is 41.9 Å². The molecule has 3 aromatic carbocycles. The zero-order valence-corrected chi connectivity index (χ0v) is 23.0. The van der Waals surface area contributed by atoms with E-state index in [1.54, 1.807) is 42.3 Å². The van der Waals surface area contributed by atoms with Gasteiger partial charge in [-0.2, -0.15) is 0 Å². The van der Waals surface area contributed by atoms with Crippen molar-refractivity contribution in [1.82, 2.24) is 0 Å². The molecule has 198 valence electrons. The summed E-state index contributed by atoms with van der Waals surface area (Å²) >= 11 is 3.47. The van der Waals surface area contributed by atoms with Crippen LogP contribution in [0, 0.1) is 22.4 Å². The third-order valence-electron chi connectivity index (χ3n) is 7.22. The summed E-state index contributed by atoms with van der Waals surface area (Å²) in [6.45, 7) is 1.81. The van der Waals surface area contributed by atoms with Crippen LogP contribution < -0.4 is 9.64 Å². The van der Waals surface area contributed by atoms with Crippen LogP contribution in [-0.4, -0.2) is 28.8 Å². The van der Waals surface area contributed by atoms with E-state index in [2.05, 4.69) is 15.9 Å². The van der Waals surface area contributed by atoms with Gasteiger partial charge in [0, 0.05) is 51.4 Å². The lowest BCUT2D eigenvalue weighted by molar-refractivity contribution is -0.384. The number of allylic oxidation sites excluding steroid dienone is 2. The van der Waals surface area contributed by atoms with E-state index in [9.17, 15) is 25.4 Å². The molecule has 1 heterocycles. The van der Waals surface area contributed by atoms with Gasteiger partial charge in [0.1, 0.15) is 17.3 Å². The Hall–Kier alpha value is -4.24. The van der Waals surface area contributed by atoms with Crippen LogP contribution >= 0.6 is 15.9 Å². The molecule has 0 aromatic heterocycles. The van der Waals surface area contributed by atoms with Gasteiger partial charge in [-0.15, -0.1) is 0 Å². The van der Waals surface area contributed by atoms with Crippen molar-refractivity contribution < 1.29 is 19.6 Å². The molecule has 0 saturated carbocycles. The van der Waals surface area contributed by atoms with E-state index < -0.39 is 10.8 Å². The number of aryl methyl sites for hydroxylation is 1. The number of amidine groups is 1. The van der Waals surface area contributed by atoms with Gasteiger partial charge < -0.3 is 9.84 Å². The lowest BCUT2D eigenvalue weighted by Gasteiger charge is -2.42. The van der Waals surface area contributed by atoms with Crippen molar-refractivity contribution in [2.45, 2.75) is 32.1 Å². The number of nitro groups is 1. The highest BCUT2D eigenvalue weighted by Crippen LogP contribution is 2.48. The molecule has 0 bridgehead atoms. The number of anilines is 1. The quantitative estimate of drug-likeness (QED) is 0.185. The fourth-order valence-electron chi connectivity index (χ4n) is 5.30. The van der Waals surface area contributed by atoms with Gasteiger partial charge in [-0.1, -0.05) is 34.1 Å². The number of methoxy groups -OCH3 is 1. The molecule has 5 rings (SSSR count). The Morgan fingerprint density at radius 3 is 2.44 bits per heavy atom. The van der Waals surface area contributed by atoms with Crippen molar-refractivity contribution in [2.75, 3.05) is 12.0 Å². The van der Waals surface area contributed by atoms with E-state index in [4.69, 9.17) is 4.74 Å². The molecule has 0 spiro atoms. The second kappa shape index (κ2) is 10.5. The number of benzene rings is 3. The van der Waals surface area contributed by atoms with Crippen LogP contribution in [-0.2, 0) is 4.79 Å². The number of aliphatic hydroxyl groups is 1. The van der Waals surface area contributed by atoms with Gasteiger partial charge in [-0.25, -0.2) is 0 Å². The first-order valence-corrected chi connectivity index (χ1v) is 13.2. The molecule has 0 fully saturated rings. The highest BCUT2D eigenvalue weighted by molar-refractivity contribution is 9.10. The van der Waals surface area contributed by atoms with E-state index in [-0.39, 0.29) is 28.6 Å². The number of carbonyl (C=O) groups is 1. The second-order valence-corrected chi connectivity index (χ2v) is 10.4. The third kappa shape index (κ3) is 4.74. The predicted octanol–water partition coefficient (Wildman–Crippen LogP) is 7.23. The highest BCUT2D eigenvalue weighted by Gasteiger charge is 2.43. The topological polar surface area (TPSA) is 117 Å². The number of hydrogen-bond donors (Lipinski definition) is 2. The first-order valence-electron chi connectivity index (χ1n) is 12.4. The Kier molecular flexibility index (Phi) is 7.10. The number of nitrogens with zero attached hydrogens (tertiary/aromatic N) is 2. The SMILES string of the molecule is COc1ccc(/C(O)=C2\C(=N)N(c3cc([N+](=O)[O-])ccc3C)C3=C(C(=O)CCC3)C2c2ccc(Br)cc2)cc1. The van der Waals surface area contributed by atoms with Gasteiger partial charge in [0.2, 0.25) is 0 Å². The van der Waals surface area contributed by atoms with E-state index in [0.29, 0.717) is 53.1 Å². The molecule has 1 aliphatic heterocycles. The molecule has 2 N–H and O–H groups in total. The summed E-state index contributed by atoms with van der Waals surface area (Å²) in [5.41, 5.74) is 3.64. The first-order chi connectivity index (χ1) is 18.7. The van der Waals surface area contributed by atoms with Gasteiger partial charge in [0.25, 0.3) is 5.69 Å². The number of rotatable bonds is 5. The molecule has 3 aromatic rings. The maximum absolute atomic E-state index is 13.6. The van der Waals surface area contributed by atoms with Crippen LogP contribution in [0.15, 0.2) is 88.0 Å². The second-order valence-electron chi connectivity index (χ2n) is 9.52. The summed E-state index contributed by atoms with van der Waals surface area (Å²) in [5.74, 6) is -0.321. The predicted molar refractivity (Wildman–Crippen MR) is 153 cm³/mol. The summed E-state index contributed by atoms with van der Waals surface area (Å²) in [6.07, 6.45) is 1.47. The minimum Gasteiger partial charge on any atom is -0.507 e. The molecule has 39 heavy (non-hydrogen) atoms. The number of non-ortho nitro benzene ring substituents is 1. The van der Waals surface area contributed by atoms with Crippen LogP contribution in [0.5, 0.6) is 5.75 Å². The van der Waals surface area contributed by atoms with E-state index in [0.717, 1.165) is 10.0 Å². The molecule has 2 aliphatic rings. The zero-order valence-electron chi connectivity index (χ0n) is 21.4. The molecule has 1 aliphatic carbocycles. The average molecular weight is 588 g/mol. The van der Waals surface area contributed by atoms with E-state index >= 15 is 0 Å². The maximum Gasteiger partial charge on any atom is 0.271 e. The highest BCUT2D eigenvalue weighted by atomic mass is 79.9. The molecular formula is C30H26BrN3O5. The standard InChI is InChI=1S/C30H26BrN3O5/c1-17-6-13-21(34(37)38)16-24(17)33-23-4-3-5-25(35)27(23)26(18-7-11-20(31)12-8-18)28(30(33)32)29(36)19-9-14-22(39-2)15-10-19/h6-16,26,32,36H,3-5H2,1-2H3/b29-28+,32-30?. The van der Waals surface area contributed by atoms with Crippen LogP contribution in [0.25, 0.3) is 5.76 Å². The summed E-state index contributed by atoms with van der Waals surface area (Å²) in [6, 6.07) is 18.8.